The molecule has 2 aromatic carbocycles. The second-order valence-corrected chi connectivity index (χ2v) is 6.89. The van der Waals surface area contributed by atoms with Gasteiger partial charge < -0.3 is 14.2 Å². The molecular weight excluding hydrogens is 354 g/mol. The molecule has 0 bridgehead atoms. The summed E-state index contributed by atoms with van der Waals surface area (Å²) in [5, 5.41) is 4.00. The predicted octanol–water partition coefficient (Wildman–Crippen LogP) is 4.17. The molecule has 0 saturated heterocycles. The largest absolute Gasteiger partial charge is 0.494 e. The molecule has 6 heteroatoms. The fraction of sp³-hybridized carbons (Fsp3) is 0.318. The Kier molecular flexibility index (Phi) is 6.42. The van der Waals surface area contributed by atoms with Crippen LogP contribution in [0, 0.1) is 13.8 Å². The Balaban J connectivity index is 1.44. The topological polar surface area (TPSA) is 68.5 Å². The van der Waals surface area contributed by atoms with E-state index >= 15 is 0 Å². The highest BCUT2D eigenvalue weighted by Gasteiger charge is 2.14. The first-order valence-electron chi connectivity index (χ1n) is 9.34. The molecular formula is C22H25N3O3. The molecule has 0 aliphatic carbocycles. The van der Waals surface area contributed by atoms with Crippen LogP contribution in [-0.4, -0.2) is 34.6 Å². The molecule has 0 spiro atoms. The monoisotopic (exact) mass is 379 g/mol. The third-order valence-corrected chi connectivity index (χ3v) is 4.40. The zero-order valence-electron chi connectivity index (χ0n) is 16.5. The average Bonchev–Trinajstić information content (AvgIpc) is 3.15. The van der Waals surface area contributed by atoms with E-state index in [9.17, 15) is 4.79 Å². The number of amides is 1. The summed E-state index contributed by atoms with van der Waals surface area (Å²) in [6.07, 6.45) is 1.05. The minimum atomic E-state index is 0.0163. The van der Waals surface area contributed by atoms with Crippen LogP contribution in [-0.2, 0) is 11.3 Å². The number of carbonyl (C=O) groups excluding carboxylic acids is 1. The molecule has 0 saturated carbocycles. The number of rotatable bonds is 8. The summed E-state index contributed by atoms with van der Waals surface area (Å²) >= 11 is 0. The van der Waals surface area contributed by atoms with Gasteiger partial charge >= 0.3 is 0 Å². The standard InChI is InChI=1S/C22H25N3O3/c1-16-6-10-18(11-7-16)22-23-20(28-24-22)15-25(3)21(26)5-4-14-27-19-12-8-17(2)9-13-19/h6-13H,4-5,14-15H2,1-3H3. The van der Waals surface area contributed by atoms with E-state index < -0.39 is 0 Å². The van der Waals surface area contributed by atoms with Gasteiger partial charge in [0.05, 0.1) is 13.2 Å². The van der Waals surface area contributed by atoms with Crippen molar-refractivity contribution in [2.45, 2.75) is 33.2 Å². The molecule has 3 aromatic rings. The van der Waals surface area contributed by atoms with Crippen LogP contribution < -0.4 is 4.74 Å². The summed E-state index contributed by atoms with van der Waals surface area (Å²) in [5.41, 5.74) is 3.25. The molecule has 0 radical (unpaired) electrons. The van der Waals surface area contributed by atoms with Gasteiger partial charge in [0.1, 0.15) is 5.75 Å². The van der Waals surface area contributed by atoms with E-state index in [1.54, 1.807) is 11.9 Å². The smallest absolute Gasteiger partial charge is 0.246 e. The summed E-state index contributed by atoms with van der Waals surface area (Å²) in [6, 6.07) is 15.8. The maximum atomic E-state index is 12.3. The van der Waals surface area contributed by atoms with Gasteiger partial charge in [-0.15, -0.1) is 0 Å². The Morgan fingerprint density at radius 1 is 1.04 bits per heavy atom. The van der Waals surface area contributed by atoms with Gasteiger partial charge in [-0.05, 0) is 32.4 Å². The Morgan fingerprint density at radius 2 is 1.68 bits per heavy atom. The molecule has 6 nitrogen and oxygen atoms in total. The van der Waals surface area contributed by atoms with Crippen LogP contribution in [0.5, 0.6) is 5.75 Å². The first-order valence-corrected chi connectivity index (χ1v) is 9.34. The predicted molar refractivity (Wildman–Crippen MR) is 107 cm³/mol. The molecule has 0 aliphatic heterocycles. The summed E-state index contributed by atoms with van der Waals surface area (Å²) in [7, 11) is 1.74. The van der Waals surface area contributed by atoms with Crippen molar-refractivity contribution in [1.29, 1.82) is 0 Å². The van der Waals surface area contributed by atoms with Crippen LogP contribution in [0.3, 0.4) is 0 Å². The van der Waals surface area contributed by atoms with Gasteiger partial charge in [0.2, 0.25) is 17.6 Å². The highest BCUT2D eigenvalue weighted by molar-refractivity contribution is 5.75. The fourth-order valence-electron chi connectivity index (χ4n) is 2.67. The summed E-state index contributed by atoms with van der Waals surface area (Å²) in [5.74, 6) is 1.79. The Morgan fingerprint density at radius 3 is 2.36 bits per heavy atom. The van der Waals surface area contributed by atoms with Crippen LogP contribution >= 0.6 is 0 Å². The van der Waals surface area contributed by atoms with Crippen molar-refractivity contribution in [2.75, 3.05) is 13.7 Å². The van der Waals surface area contributed by atoms with Gasteiger partial charge in [0.25, 0.3) is 0 Å². The number of aryl methyl sites for hydroxylation is 2. The molecule has 1 heterocycles. The summed E-state index contributed by atoms with van der Waals surface area (Å²) in [4.78, 5) is 18.3. The highest BCUT2D eigenvalue weighted by atomic mass is 16.5. The van der Waals surface area contributed by atoms with E-state index in [0.29, 0.717) is 31.2 Å². The van der Waals surface area contributed by atoms with Crippen LogP contribution in [0.15, 0.2) is 53.1 Å². The van der Waals surface area contributed by atoms with Gasteiger partial charge in [0.15, 0.2) is 0 Å². The number of nitrogens with zero attached hydrogens (tertiary/aromatic N) is 3. The number of hydrogen-bond acceptors (Lipinski definition) is 5. The third kappa shape index (κ3) is 5.42. The van der Waals surface area contributed by atoms with E-state index in [0.717, 1.165) is 11.3 Å². The van der Waals surface area contributed by atoms with E-state index in [1.165, 1.54) is 11.1 Å². The molecule has 0 aliphatic rings. The van der Waals surface area contributed by atoms with Crippen molar-refractivity contribution < 1.29 is 14.1 Å². The Bertz CT molecular complexity index is 902. The lowest BCUT2D eigenvalue weighted by atomic mass is 10.1. The molecule has 1 aromatic heterocycles. The maximum Gasteiger partial charge on any atom is 0.246 e. The van der Waals surface area contributed by atoms with Crippen molar-refractivity contribution in [2.24, 2.45) is 0 Å². The first-order chi connectivity index (χ1) is 13.5. The molecule has 28 heavy (non-hydrogen) atoms. The van der Waals surface area contributed by atoms with Crippen molar-refractivity contribution in [1.82, 2.24) is 15.0 Å². The van der Waals surface area contributed by atoms with Gasteiger partial charge in [-0.3, -0.25) is 4.79 Å². The second kappa shape index (κ2) is 9.17. The second-order valence-electron chi connectivity index (χ2n) is 6.89. The van der Waals surface area contributed by atoms with Crippen LogP contribution in [0.1, 0.15) is 29.9 Å². The quantitative estimate of drug-likeness (QED) is 0.550. The number of carbonyl (C=O) groups is 1. The van der Waals surface area contributed by atoms with Crippen LogP contribution in [0.4, 0.5) is 0 Å². The maximum absolute atomic E-state index is 12.3. The zero-order valence-corrected chi connectivity index (χ0v) is 16.5. The SMILES string of the molecule is Cc1ccc(OCCCC(=O)N(C)Cc2nc(-c3ccc(C)cc3)no2)cc1. The lowest BCUT2D eigenvalue weighted by Crippen LogP contribution is -2.26. The first kappa shape index (κ1) is 19.6. The van der Waals surface area contributed by atoms with Crippen LogP contribution in [0.2, 0.25) is 0 Å². The van der Waals surface area contributed by atoms with Gasteiger partial charge in [0, 0.05) is 19.0 Å². The molecule has 0 unspecified atom stereocenters. The Labute approximate surface area is 165 Å². The molecule has 146 valence electrons. The fourth-order valence-corrected chi connectivity index (χ4v) is 2.67. The van der Waals surface area contributed by atoms with Crippen molar-refractivity contribution in [3.8, 4) is 17.1 Å². The average molecular weight is 379 g/mol. The van der Waals surface area contributed by atoms with E-state index in [2.05, 4.69) is 10.1 Å². The molecule has 0 N–H and O–H groups in total. The molecule has 3 rings (SSSR count). The minimum absolute atomic E-state index is 0.0163. The normalized spacial score (nSPS) is 10.7. The summed E-state index contributed by atoms with van der Waals surface area (Å²) in [6.45, 7) is 4.85. The molecule has 1 amide bonds. The lowest BCUT2D eigenvalue weighted by Gasteiger charge is -2.14. The number of aromatic nitrogens is 2. The van der Waals surface area contributed by atoms with E-state index in [1.807, 2.05) is 62.4 Å². The zero-order chi connectivity index (χ0) is 19.9. The number of ether oxygens (including phenoxy) is 1. The van der Waals surface area contributed by atoms with Gasteiger partial charge in [-0.1, -0.05) is 52.7 Å². The number of benzene rings is 2. The van der Waals surface area contributed by atoms with Crippen molar-refractivity contribution in [3.05, 3.63) is 65.5 Å². The minimum Gasteiger partial charge on any atom is -0.494 e. The molecule has 0 fully saturated rings. The van der Waals surface area contributed by atoms with E-state index in [4.69, 9.17) is 9.26 Å². The van der Waals surface area contributed by atoms with Crippen molar-refractivity contribution in [3.63, 3.8) is 0 Å². The Hall–Kier alpha value is -3.15. The summed E-state index contributed by atoms with van der Waals surface area (Å²) < 4.78 is 10.9. The molecule has 0 atom stereocenters. The third-order valence-electron chi connectivity index (χ3n) is 4.40. The van der Waals surface area contributed by atoms with E-state index in [-0.39, 0.29) is 12.5 Å². The van der Waals surface area contributed by atoms with Gasteiger partial charge in [-0.2, -0.15) is 4.98 Å². The lowest BCUT2D eigenvalue weighted by molar-refractivity contribution is -0.131. The van der Waals surface area contributed by atoms with Crippen molar-refractivity contribution >= 4 is 5.91 Å². The van der Waals surface area contributed by atoms with Crippen LogP contribution in [0.25, 0.3) is 11.4 Å². The van der Waals surface area contributed by atoms with Gasteiger partial charge in [-0.25, -0.2) is 0 Å². The number of hydrogen-bond donors (Lipinski definition) is 0. The highest BCUT2D eigenvalue weighted by Crippen LogP contribution is 2.17.